The van der Waals surface area contributed by atoms with Crippen LogP contribution in [0.4, 0.5) is 5.69 Å². The maximum absolute atomic E-state index is 11.9. The number of ether oxygens (including phenoxy) is 2. The van der Waals surface area contributed by atoms with E-state index < -0.39 is 5.97 Å². The summed E-state index contributed by atoms with van der Waals surface area (Å²) >= 11 is 0. The van der Waals surface area contributed by atoms with E-state index in [1.807, 2.05) is 43.3 Å². The van der Waals surface area contributed by atoms with Crippen LogP contribution in [0.15, 0.2) is 48.5 Å². The van der Waals surface area contributed by atoms with Crippen molar-refractivity contribution in [1.29, 1.82) is 0 Å². The molecule has 0 atom stereocenters. The van der Waals surface area contributed by atoms with E-state index in [2.05, 4.69) is 5.32 Å². The molecule has 0 radical (unpaired) electrons. The molecule has 5 nitrogen and oxygen atoms in total. The minimum atomic E-state index is -0.474. The Morgan fingerprint density at radius 3 is 2.38 bits per heavy atom. The Labute approximate surface area is 141 Å². The highest BCUT2D eigenvalue weighted by atomic mass is 16.5. The highest BCUT2D eigenvalue weighted by Gasteiger charge is 2.12. The average Bonchev–Trinajstić information content (AvgIpc) is 2.61. The Morgan fingerprint density at radius 1 is 1.00 bits per heavy atom. The summed E-state index contributed by atoms with van der Waals surface area (Å²) in [6.45, 7) is 1.70. The Kier molecular flexibility index (Phi) is 6.37. The minimum absolute atomic E-state index is 0.0584. The van der Waals surface area contributed by atoms with E-state index >= 15 is 0 Å². The van der Waals surface area contributed by atoms with Crippen LogP contribution in [0.25, 0.3) is 0 Å². The first-order valence-corrected chi connectivity index (χ1v) is 7.79. The molecule has 1 N–H and O–H groups in total. The topological polar surface area (TPSA) is 64.6 Å². The Morgan fingerprint density at radius 2 is 1.67 bits per heavy atom. The number of benzene rings is 2. The highest BCUT2D eigenvalue weighted by Crippen LogP contribution is 2.18. The summed E-state index contributed by atoms with van der Waals surface area (Å²) in [5.74, 6) is -0.210. The molecule has 2 rings (SSSR count). The lowest BCUT2D eigenvalue weighted by Crippen LogP contribution is -2.22. The summed E-state index contributed by atoms with van der Waals surface area (Å²) in [6.07, 6.45) is 0.868. The number of carbonyl (C=O) groups is 2. The van der Waals surface area contributed by atoms with Crippen LogP contribution in [0.2, 0.25) is 0 Å². The van der Waals surface area contributed by atoms with Crippen LogP contribution in [0.1, 0.15) is 18.1 Å². The number of hydrogen-bond donors (Lipinski definition) is 1. The van der Waals surface area contributed by atoms with Crippen molar-refractivity contribution in [3.63, 3.8) is 0 Å². The summed E-state index contributed by atoms with van der Waals surface area (Å²) in [6, 6.07) is 14.8. The molecule has 0 bridgehead atoms. The largest absolute Gasteiger partial charge is 0.496 e. The summed E-state index contributed by atoms with van der Waals surface area (Å²) in [4.78, 5) is 23.9. The van der Waals surface area contributed by atoms with Gasteiger partial charge in [-0.25, -0.2) is 0 Å². The van der Waals surface area contributed by atoms with Gasteiger partial charge in [-0.05, 0) is 24.1 Å². The summed E-state index contributed by atoms with van der Waals surface area (Å²) in [5, 5.41) is 2.76. The zero-order valence-electron chi connectivity index (χ0n) is 13.9. The number of anilines is 1. The Balaban J connectivity index is 1.86. The summed E-state index contributed by atoms with van der Waals surface area (Å²) < 4.78 is 10.2. The third-order valence-corrected chi connectivity index (χ3v) is 3.56. The first-order chi connectivity index (χ1) is 11.6. The van der Waals surface area contributed by atoms with Gasteiger partial charge in [0.15, 0.2) is 6.61 Å². The number of nitrogens with one attached hydrogen (secondary N) is 1. The molecule has 0 unspecified atom stereocenters. The predicted molar refractivity (Wildman–Crippen MR) is 92.1 cm³/mol. The van der Waals surface area contributed by atoms with E-state index in [0.717, 1.165) is 23.2 Å². The van der Waals surface area contributed by atoms with Crippen molar-refractivity contribution in [3.05, 3.63) is 59.7 Å². The van der Waals surface area contributed by atoms with E-state index in [9.17, 15) is 9.59 Å². The first-order valence-electron chi connectivity index (χ1n) is 7.79. The smallest absolute Gasteiger partial charge is 0.310 e. The second kappa shape index (κ2) is 8.72. The molecular formula is C19H21NO4. The van der Waals surface area contributed by atoms with Crippen LogP contribution >= 0.6 is 0 Å². The zero-order valence-corrected chi connectivity index (χ0v) is 13.9. The van der Waals surface area contributed by atoms with Crippen molar-refractivity contribution in [2.45, 2.75) is 19.8 Å². The lowest BCUT2D eigenvalue weighted by Gasteiger charge is -2.11. The standard InChI is InChI=1S/C19H21NO4/c1-3-14-8-4-6-10-16(14)20-18(21)13-24-19(22)12-15-9-5-7-11-17(15)23-2/h4-11H,3,12-13H2,1-2H3,(H,20,21). The van der Waals surface area contributed by atoms with Crippen LogP contribution in [-0.2, 0) is 27.2 Å². The van der Waals surface area contributed by atoms with Crippen molar-refractivity contribution < 1.29 is 19.1 Å². The molecule has 0 aliphatic heterocycles. The SMILES string of the molecule is CCc1ccccc1NC(=O)COC(=O)Cc1ccccc1OC. The van der Waals surface area contributed by atoms with Crippen molar-refractivity contribution in [3.8, 4) is 5.75 Å². The van der Waals surface area contributed by atoms with Crippen LogP contribution < -0.4 is 10.1 Å². The summed E-state index contributed by atoms with van der Waals surface area (Å²) in [7, 11) is 1.54. The van der Waals surface area contributed by atoms with Crippen LogP contribution in [0.3, 0.4) is 0 Å². The molecule has 2 aromatic rings. The van der Waals surface area contributed by atoms with Gasteiger partial charge < -0.3 is 14.8 Å². The second-order valence-corrected chi connectivity index (χ2v) is 5.21. The zero-order chi connectivity index (χ0) is 17.4. The predicted octanol–water partition coefficient (Wildman–Crippen LogP) is 2.98. The highest BCUT2D eigenvalue weighted by molar-refractivity contribution is 5.93. The molecule has 0 aliphatic carbocycles. The second-order valence-electron chi connectivity index (χ2n) is 5.21. The van der Waals surface area contributed by atoms with Gasteiger partial charge in [-0.1, -0.05) is 43.3 Å². The molecule has 0 saturated carbocycles. The van der Waals surface area contributed by atoms with Gasteiger partial charge in [-0.3, -0.25) is 9.59 Å². The molecule has 126 valence electrons. The third kappa shape index (κ3) is 4.84. The van der Waals surface area contributed by atoms with Gasteiger partial charge in [0.05, 0.1) is 13.5 Å². The fraction of sp³-hybridized carbons (Fsp3) is 0.263. The fourth-order valence-electron chi connectivity index (χ4n) is 2.34. The van der Waals surface area contributed by atoms with Gasteiger partial charge in [0.25, 0.3) is 5.91 Å². The first kappa shape index (κ1) is 17.5. The molecule has 1 amide bonds. The third-order valence-electron chi connectivity index (χ3n) is 3.56. The molecule has 0 aliphatic rings. The van der Waals surface area contributed by atoms with Crippen LogP contribution in [-0.4, -0.2) is 25.6 Å². The number of para-hydroxylation sites is 2. The maximum Gasteiger partial charge on any atom is 0.310 e. The molecule has 0 heterocycles. The van der Waals surface area contributed by atoms with E-state index in [1.165, 1.54) is 0 Å². The molecule has 5 heteroatoms. The monoisotopic (exact) mass is 327 g/mol. The van der Waals surface area contributed by atoms with Crippen molar-refractivity contribution >= 4 is 17.6 Å². The molecule has 0 aromatic heterocycles. The number of carbonyl (C=O) groups excluding carboxylic acids is 2. The molecule has 24 heavy (non-hydrogen) atoms. The number of rotatable bonds is 7. The molecular weight excluding hydrogens is 306 g/mol. The van der Waals surface area contributed by atoms with Crippen LogP contribution in [0, 0.1) is 0 Å². The normalized spacial score (nSPS) is 10.1. The number of amides is 1. The number of hydrogen-bond acceptors (Lipinski definition) is 4. The molecule has 0 spiro atoms. The maximum atomic E-state index is 11.9. The fourth-order valence-corrected chi connectivity index (χ4v) is 2.34. The van der Waals surface area contributed by atoms with Gasteiger partial charge in [0.2, 0.25) is 0 Å². The molecule has 0 fully saturated rings. The van der Waals surface area contributed by atoms with Crippen molar-refractivity contribution in [2.75, 3.05) is 19.0 Å². The van der Waals surface area contributed by atoms with E-state index in [0.29, 0.717) is 5.75 Å². The molecule has 0 saturated heterocycles. The number of methoxy groups -OCH3 is 1. The quantitative estimate of drug-likeness (QED) is 0.794. The summed E-state index contributed by atoms with van der Waals surface area (Å²) in [5.41, 5.74) is 2.50. The number of esters is 1. The Hall–Kier alpha value is -2.82. The van der Waals surface area contributed by atoms with Gasteiger partial charge in [-0.2, -0.15) is 0 Å². The van der Waals surface area contributed by atoms with Gasteiger partial charge in [0, 0.05) is 11.3 Å². The van der Waals surface area contributed by atoms with E-state index in [-0.39, 0.29) is 18.9 Å². The number of aryl methyl sites for hydroxylation is 1. The molecule has 2 aromatic carbocycles. The van der Waals surface area contributed by atoms with Crippen molar-refractivity contribution in [1.82, 2.24) is 0 Å². The average molecular weight is 327 g/mol. The van der Waals surface area contributed by atoms with E-state index in [4.69, 9.17) is 9.47 Å². The van der Waals surface area contributed by atoms with Crippen LogP contribution in [0.5, 0.6) is 5.75 Å². The minimum Gasteiger partial charge on any atom is -0.496 e. The lowest BCUT2D eigenvalue weighted by atomic mass is 10.1. The van der Waals surface area contributed by atoms with E-state index in [1.54, 1.807) is 19.2 Å². The van der Waals surface area contributed by atoms with Gasteiger partial charge in [0.1, 0.15) is 5.75 Å². The lowest BCUT2D eigenvalue weighted by molar-refractivity contribution is -0.146. The van der Waals surface area contributed by atoms with Gasteiger partial charge >= 0.3 is 5.97 Å². The van der Waals surface area contributed by atoms with Crippen molar-refractivity contribution in [2.24, 2.45) is 0 Å². The Bertz CT molecular complexity index is 651. The van der Waals surface area contributed by atoms with Gasteiger partial charge in [-0.15, -0.1) is 0 Å².